The number of furan rings is 1. The molecule has 1 aromatic heterocycles. The van der Waals surface area contributed by atoms with E-state index in [1.807, 2.05) is 19.1 Å². The Morgan fingerprint density at radius 1 is 1.39 bits per heavy atom. The largest absolute Gasteiger partial charge is 0.481 e. The summed E-state index contributed by atoms with van der Waals surface area (Å²) in [7, 11) is 1.68. The van der Waals surface area contributed by atoms with Crippen LogP contribution < -0.4 is 0 Å². The summed E-state index contributed by atoms with van der Waals surface area (Å²) < 4.78 is 5.40. The Labute approximate surface area is 105 Å². The van der Waals surface area contributed by atoms with Gasteiger partial charge in [0.05, 0.1) is 18.4 Å². The number of aryl methyl sites for hydroxylation is 1. The lowest BCUT2D eigenvalue weighted by molar-refractivity contribution is -0.156. The van der Waals surface area contributed by atoms with Crippen LogP contribution in [-0.2, 0) is 16.1 Å². The average molecular weight is 251 g/mol. The molecule has 1 aliphatic carbocycles. The van der Waals surface area contributed by atoms with Crippen LogP contribution in [0.1, 0.15) is 24.4 Å². The molecule has 1 aliphatic rings. The lowest BCUT2D eigenvalue weighted by Gasteiger charge is -2.34. The molecule has 98 valence electrons. The SMILES string of the molecule is Cc1ccc(CN(C)C(=O)C2CCC2C(=O)O)o1. The summed E-state index contributed by atoms with van der Waals surface area (Å²) in [6.45, 7) is 2.23. The summed E-state index contributed by atoms with van der Waals surface area (Å²) in [5.41, 5.74) is 0. The number of nitrogens with zero attached hydrogens (tertiary/aromatic N) is 1. The number of carbonyl (C=O) groups excluding carboxylic acids is 1. The van der Waals surface area contributed by atoms with E-state index in [0.717, 1.165) is 11.5 Å². The minimum atomic E-state index is -0.873. The first kappa shape index (κ1) is 12.7. The van der Waals surface area contributed by atoms with Gasteiger partial charge in [-0.05, 0) is 31.9 Å². The van der Waals surface area contributed by atoms with E-state index < -0.39 is 11.9 Å². The molecule has 2 rings (SSSR count). The van der Waals surface area contributed by atoms with Crippen LogP contribution >= 0.6 is 0 Å². The van der Waals surface area contributed by atoms with E-state index in [1.54, 1.807) is 7.05 Å². The molecular weight excluding hydrogens is 234 g/mol. The molecule has 0 spiro atoms. The first-order valence-electron chi connectivity index (χ1n) is 6.02. The van der Waals surface area contributed by atoms with Crippen molar-refractivity contribution in [2.75, 3.05) is 7.05 Å². The summed E-state index contributed by atoms with van der Waals surface area (Å²) >= 11 is 0. The molecule has 18 heavy (non-hydrogen) atoms. The molecule has 5 nitrogen and oxygen atoms in total. The third-order valence-corrected chi connectivity index (χ3v) is 3.47. The maximum Gasteiger partial charge on any atom is 0.307 e. The Hall–Kier alpha value is -1.78. The molecule has 0 aromatic carbocycles. The molecule has 0 bridgehead atoms. The minimum Gasteiger partial charge on any atom is -0.481 e. The van der Waals surface area contributed by atoms with Crippen LogP contribution in [0.15, 0.2) is 16.5 Å². The third-order valence-electron chi connectivity index (χ3n) is 3.47. The third kappa shape index (κ3) is 2.39. The van der Waals surface area contributed by atoms with Crippen molar-refractivity contribution < 1.29 is 19.1 Å². The van der Waals surface area contributed by atoms with E-state index in [0.29, 0.717) is 19.4 Å². The van der Waals surface area contributed by atoms with Gasteiger partial charge in [-0.3, -0.25) is 9.59 Å². The van der Waals surface area contributed by atoms with Crippen molar-refractivity contribution in [2.45, 2.75) is 26.3 Å². The highest BCUT2D eigenvalue weighted by Gasteiger charge is 2.42. The van der Waals surface area contributed by atoms with Crippen LogP contribution in [0.5, 0.6) is 0 Å². The zero-order valence-corrected chi connectivity index (χ0v) is 10.5. The molecular formula is C13H17NO4. The number of aliphatic carboxylic acids is 1. The molecule has 1 saturated carbocycles. The molecule has 1 fully saturated rings. The molecule has 0 aliphatic heterocycles. The van der Waals surface area contributed by atoms with Crippen molar-refractivity contribution in [3.63, 3.8) is 0 Å². The van der Waals surface area contributed by atoms with Crippen molar-refractivity contribution in [2.24, 2.45) is 11.8 Å². The molecule has 1 amide bonds. The molecule has 1 heterocycles. The van der Waals surface area contributed by atoms with Gasteiger partial charge in [-0.25, -0.2) is 0 Å². The number of carbonyl (C=O) groups is 2. The van der Waals surface area contributed by atoms with Gasteiger partial charge in [-0.2, -0.15) is 0 Å². The van der Waals surface area contributed by atoms with Gasteiger partial charge >= 0.3 is 5.97 Å². The van der Waals surface area contributed by atoms with E-state index in [2.05, 4.69) is 0 Å². The van der Waals surface area contributed by atoms with E-state index >= 15 is 0 Å². The Bertz CT molecular complexity index is 465. The number of hydrogen-bond acceptors (Lipinski definition) is 3. The standard InChI is InChI=1S/C13H17NO4/c1-8-3-4-9(18-8)7-14(2)12(15)10-5-6-11(10)13(16)17/h3-4,10-11H,5-7H2,1-2H3,(H,16,17). The Balaban J connectivity index is 1.95. The van der Waals surface area contributed by atoms with Gasteiger partial charge in [0.2, 0.25) is 5.91 Å². The van der Waals surface area contributed by atoms with Crippen LogP contribution in [0.25, 0.3) is 0 Å². The van der Waals surface area contributed by atoms with E-state index in [4.69, 9.17) is 9.52 Å². The topological polar surface area (TPSA) is 70.8 Å². The highest BCUT2D eigenvalue weighted by atomic mass is 16.4. The smallest absolute Gasteiger partial charge is 0.307 e. The number of rotatable bonds is 4. The maximum absolute atomic E-state index is 12.1. The summed E-state index contributed by atoms with van der Waals surface area (Å²) in [6, 6.07) is 3.67. The Morgan fingerprint density at radius 2 is 2.06 bits per heavy atom. The van der Waals surface area contributed by atoms with Gasteiger partial charge in [0.15, 0.2) is 0 Å². The predicted molar refractivity (Wildman–Crippen MR) is 63.8 cm³/mol. The van der Waals surface area contributed by atoms with Crippen molar-refractivity contribution in [3.8, 4) is 0 Å². The zero-order chi connectivity index (χ0) is 13.3. The number of carboxylic acid groups (broad SMARTS) is 1. The highest BCUT2D eigenvalue weighted by molar-refractivity contribution is 5.86. The second kappa shape index (κ2) is 4.84. The van der Waals surface area contributed by atoms with Gasteiger partial charge < -0.3 is 14.4 Å². The second-order valence-corrected chi connectivity index (χ2v) is 4.84. The average Bonchev–Trinajstić information content (AvgIpc) is 2.61. The summed E-state index contributed by atoms with van der Waals surface area (Å²) in [4.78, 5) is 24.5. The number of carboxylic acids is 1. The Morgan fingerprint density at radius 3 is 2.50 bits per heavy atom. The quantitative estimate of drug-likeness (QED) is 0.883. The first-order chi connectivity index (χ1) is 8.49. The Kier molecular flexibility index (Phi) is 3.41. The fourth-order valence-electron chi connectivity index (χ4n) is 2.26. The molecule has 0 saturated heterocycles. The van der Waals surface area contributed by atoms with Gasteiger partial charge in [-0.1, -0.05) is 0 Å². The minimum absolute atomic E-state index is 0.109. The normalized spacial score (nSPS) is 22.3. The number of amides is 1. The van der Waals surface area contributed by atoms with Crippen molar-refractivity contribution >= 4 is 11.9 Å². The monoisotopic (exact) mass is 251 g/mol. The van der Waals surface area contributed by atoms with Gasteiger partial charge in [0, 0.05) is 7.05 Å². The number of hydrogen-bond donors (Lipinski definition) is 1. The van der Waals surface area contributed by atoms with Crippen molar-refractivity contribution in [1.82, 2.24) is 4.90 Å². The molecule has 0 radical (unpaired) electrons. The summed E-state index contributed by atoms with van der Waals surface area (Å²) in [5.74, 6) is -0.348. The molecule has 5 heteroatoms. The molecule has 1 aromatic rings. The van der Waals surface area contributed by atoms with Gasteiger partial charge in [-0.15, -0.1) is 0 Å². The predicted octanol–water partition coefficient (Wildman–Crippen LogP) is 1.66. The fraction of sp³-hybridized carbons (Fsp3) is 0.538. The zero-order valence-electron chi connectivity index (χ0n) is 10.5. The van der Waals surface area contributed by atoms with E-state index in [9.17, 15) is 9.59 Å². The van der Waals surface area contributed by atoms with Crippen LogP contribution in [0.2, 0.25) is 0 Å². The summed E-state index contributed by atoms with van der Waals surface area (Å²) in [6.07, 6.45) is 1.26. The first-order valence-corrected chi connectivity index (χ1v) is 6.02. The van der Waals surface area contributed by atoms with Crippen molar-refractivity contribution in [1.29, 1.82) is 0 Å². The van der Waals surface area contributed by atoms with Crippen LogP contribution in [0, 0.1) is 18.8 Å². The molecule has 1 N–H and O–H groups in total. The lowest BCUT2D eigenvalue weighted by atomic mass is 9.73. The van der Waals surface area contributed by atoms with Crippen LogP contribution in [0.3, 0.4) is 0 Å². The maximum atomic E-state index is 12.1. The van der Waals surface area contributed by atoms with Gasteiger partial charge in [0.25, 0.3) is 0 Å². The molecule has 2 atom stereocenters. The summed E-state index contributed by atoms with van der Waals surface area (Å²) in [5, 5.41) is 8.94. The van der Waals surface area contributed by atoms with E-state index in [-0.39, 0.29) is 11.8 Å². The van der Waals surface area contributed by atoms with E-state index in [1.165, 1.54) is 4.90 Å². The second-order valence-electron chi connectivity index (χ2n) is 4.84. The van der Waals surface area contributed by atoms with Crippen molar-refractivity contribution in [3.05, 3.63) is 23.7 Å². The lowest BCUT2D eigenvalue weighted by Crippen LogP contribution is -2.44. The molecule has 2 unspecified atom stereocenters. The van der Waals surface area contributed by atoms with Gasteiger partial charge in [0.1, 0.15) is 11.5 Å². The fourth-order valence-corrected chi connectivity index (χ4v) is 2.26. The van der Waals surface area contributed by atoms with Crippen LogP contribution in [0.4, 0.5) is 0 Å². The van der Waals surface area contributed by atoms with Crippen LogP contribution in [-0.4, -0.2) is 28.9 Å². The highest BCUT2D eigenvalue weighted by Crippen LogP contribution is 2.35.